The van der Waals surface area contributed by atoms with Gasteiger partial charge in [-0.25, -0.2) is 0 Å². The minimum atomic E-state index is -1.92. The number of phenols is 1. The summed E-state index contributed by atoms with van der Waals surface area (Å²) in [6, 6.07) is 2.97. The molecule has 1 N–H and O–H groups in total. The lowest BCUT2D eigenvalue weighted by Crippen LogP contribution is -2.60. The van der Waals surface area contributed by atoms with Gasteiger partial charge in [0.15, 0.2) is 21.2 Å². The SMILES string of the molecule is COc1cc(C2C3=CCC4C(=O)N(C5CCCCC5)C(=O)C4C3CC3(Cl)C(=O)N(C)C(=O)C23Cl)cc(OC)c1O. The molecule has 2 aliphatic heterocycles. The van der Waals surface area contributed by atoms with Crippen LogP contribution in [0.15, 0.2) is 23.8 Å². The molecular weight excluding hydrogens is 559 g/mol. The number of carbonyl (C=O) groups excluding carboxylic acids is 4. The van der Waals surface area contributed by atoms with Crippen LogP contribution in [0, 0.1) is 17.8 Å². The van der Waals surface area contributed by atoms with E-state index >= 15 is 0 Å². The molecule has 1 aromatic carbocycles. The molecule has 4 fully saturated rings. The van der Waals surface area contributed by atoms with Crippen LogP contribution >= 0.6 is 23.2 Å². The van der Waals surface area contributed by atoms with Gasteiger partial charge in [-0.05, 0) is 49.3 Å². The summed E-state index contributed by atoms with van der Waals surface area (Å²) in [6.07, 6.45) is 6.77. The summed E-state index contributed by atoms with van der Waals surface area (Å²) in [6.45, 7) is 0. The highest BCUT2D eigenvalue weighted by Crippen LogP contribution is 2.66. The van der Waals surface area contributed by atoms with Gasteiger partial charge in [-0.1, -0.05) is 30.9 Å². The van der Waals surface area contributed by atoms with Crippen molar-refractivity contribution in [2.75, 3.05) is 21.3 Å². The number of amides is 4. The van der Waals surface area contributed by atoms with E-state index in [1.807, 2.05) is 6.08 Å². The van der Waals surface area contributed by atoms with Crippen molar-refractivity contribution >= 4 is 46.8 Å². The van der Waals surface area contributed by atoms with Gasteiger partial charge >= 0.3 is 0 Å². The van der Waals surface area contributed by atoms with Gasteiger partial charge in [-0.2, -0.15) is 0 Å². The minimum absolute atomic E-state index is 0.0552. The summed E-state index contributed by atoms with van der Waals surface area (Å²) in [5.74, 6) is -4.55. The zero-order chi connectivity index (χ0) is 28.7. The van der Waals surface area contributed by atoms with Crippen LogP contribution in [-0.4, -0.2) is 75.6 Å². The maximum absolute atomic E-state index is 14.0. The highest BCUT2D eigenvalue weighted by atomic mass is 35.5. The third-order valence-electron chi connectivity index (χ3n) is 9.82. The monoisotopic (exact) mass is 590 g/mol. The van der Waals surface area contributed by atoms with Crippen LogP contribution in [0.1, 0.15) is 56.4 Å². The molecular formula is C29H32Cl2N2O7. The second kappa shape index (κ2) is 9.38. The average Bonchev–Trinajstić information content (AvgIpc) is 3.28. The standard InChI is InChI=1S/C29H32Cl2N2O7/c1-32-26(37)28(30)13-18-16(9-10-17-21(18)25(36)33(24(17)35)15-7-5-4-6-8-15)22(29(28,31)27(32)38)14-11-19(39-2)23(34)20(12-14)40-3/h9,11-12,15,17-18,21-22,34H,4-8,10,13H2,1-3H3. The Labute approximate surface area is 242 Å². The molecule has 4 amide bonds. The molecule has 0 spiro atoms. The zero-order valence-electron chi connectivity index (χ0n) is 22.6. The quantitative estimate of drug-likeness (QED) is 0.323. The Balaban J connectivity index is 1.52. The van der Waals surface area contributed by atoms with Crippen molar-refractivity contribution in [3.8, 4) is 17.2 Å². The van der Waals surface area contributed by atoms with Gasteiger partial charge in [0.25, 0.3) is 11.8 Å². The van der Waals surface area contributed by atoms with E-state index in [-0.39, 0.29) is 41.5 Å². The number of benzene rings is 1. The van der Waals surface area contributed by atoms with E-state index in [4.69, 9.17) is 32.7 Å². The van der Waals surface area contributed by atoms with Crippen molar-refractivity contribution < 1.29 is 33.8 Å². The van der Waals surface area contributed by atoms with Crippen molar-refractivity contribution in [2.45, 2.75) is 66.7 Å². The second-order valence-electron chi connectivity index (χ2n) is 11.6. The fourth-order valence-corrected chi connectivity index (χ4v) is 8.94. The highest BCUT2D eigenvalue weighted by molar-refractivity contribution is 6.53. The third-order valence-corrected chi connectivity index (χ3v) is 11.2. The van der Waals surface area contributed by atoms with Crippen molar-refractivity contribution in [3.05, 3.63) is 29.3 Å². The first-order valence-corrected chi connectivity index (χ1v) is 14.5. The Hall–Kier alpha value is -2.78. The normalized spacial score (nSPS) is 35.9. The van der Waals surface area contributed by atoms with Crippen molar-refractivity contribution in [3.63, 3.8) is 0 Å². The van der Waals surface area contributed by atoms with Crippen molar-refractivity contribution in [1.29, 1.82) is 0 Å². The molecule has 6 rings (SSSR count). The van der Waals surface area contributed by atoms with E-state index < -0.39 is 45.2 Å². The molecule has 5 aliphatic rings. The molecule has 214 valence electrons. The number of ether oxygens (including phenoxy) is 2. The molecule has 0 aromatic heterocycles. The lowest BCUT2D eigenvalue weighted by Gasteiger charge is -2.50. The van der Waals surface area contributed by atoms with E-state index in [9.17, 15) is 24.3 Å². The number of fused-ring (bicyclic) bond motifs is 4. The Morgan fingerprint density at radius 1 is 0.925 bits per heavy atom. The number of rotatable bonds is 4. The highest BCUT2D eigenvalue weighted by Gasteiger charge is 2.76. The molecule has 9 nitrogen and oxygen atoms in total. The summed E-state index contributed by atoms with van der Waals surface area (Å²) >= 11 is 14.4. The van der Waals surface area contributed by atoms with Crippen molar-refractivity contribution in [2.24, 2.45) is 17.8 Å². The Bertz CT molecular complexity index is 1330. The number of allylic oxidation sites excluding steroid dienone is 2. The number of methoxy groups -OCH3 is 2. The molecule has 6 unspecified atom stereocenters. The summed E-state index contributed by atoms with van der Waals surface area (Å²) in [5, 5.41) is 10.6. The van der Waals surface area contributed by atoms with Crippen LogP contribution in [0.5, 0.6) is 17.2 Å². The number of halogens is 2. The van der Waals surface area contributed by atoms with E-state index in [1.165, 1.54) is 26.2 Å². The van der Waals surface area contributed by atoms with Crippen molar-refractivity contribution in [1.82, 2.24) is 9.80 Å². The minimum Gasteiger partial charge on any atom is -0.502 e. The fraction of sp³-hybridized carbons (Fsp3) is 0.586. The Kier molecular flexibility index (Phi) is 6.42. The van der Waals surface area contributed by atoms with Crippen LogP contribution in [0.2, 0.25) is 0 Å². The smallest absolute Gasteiger partial charge is 0.253 e. The predicted octanol–water partition coefficient (Wildman–Crippen LogP) is 3.73. The predicted molar refractivity (Wildman–Crippen MR) is 145 cm³/mol. The number of carbonyl (C=O) groups is 4. The molecule has 0 radical (unpaired) electrons. The number of hydrogen-bond acceptors (Lipinski definition) is 7. The Morgan fingerprint density at radius 3 is 2.15 bits per heavy atom. The summed E-state index contributed by atoms with van der Waals surface area (Å²) in [7, 11) is 4.12. The summed E-state index contributed by atoms with van der Waals surface area (Å²) < 4.78 is 10.8. The average molecular weight is 591 g/mol. The number of imide groups is 2. The fourth-order valence-electron chi connectivity index (χ4n) is 7.92. The molecule has 11 heteroatoms. The third kappa shape index (κ3) is 3.39. The molecule has 2 heterocycles. The lowest BCUT2D eigenvalue weighted by molar-refractivity contribution is -0.144. The number of alkyl halides is 2. The second-order valence-corrected chi connectivity index (χ2v) is 12.9. The maximum Gasteiger partial charge on any atom is 0.253 e. The molecule has 2 saturated heterocycles. The molecule has 6 atom stereocenters. The number of hydrogen-bond donors (Lipinski definition) is 1. The lowest BCUT2D eigenvalue weighted by atomic mass is 9.56. The van der Waals surface area contributed by atoms with Crippen LogP contribution in [-0.2, 0) is 19.2 Å². The van der Waals surface area contributed by atoms with Crippen LogP contribution in [0.4, 0.5) is 0 Å². The number of aromatic hydroxyl groups is 1. The molecule has 2 saturated carbocycles. The molecule has 3 aliphatic carbocycles. The molecule has 1 aromatic rings. The molecule has 0 bridgehead atoms. The van der Waals surface area contributed by atoms with E-state index in [0.717, 1.165) is 37.0 Å². The van der Waals surface area contributed by atoms with Gasteiger partial charge in [-0.3, -0.25) is 29.0 Å². The number of phenolic OH excluding ortho intramolecular Hbond substituents is 1. The van der Waals surface area contributed by atoms with E-state index in [1.54, 1.807) is 12.1 Å². The maximum atomic E-state index is 14.0. The van der Waals surface area contributed by atoms with Gasteiger partial charge in [-0.15, -0.1) is 23.2 Å². The van der Waals surface area contributed by atoms with E-state index in [2.05, 4.69) is 0 Å². The Morgan fingerprint density at radius 2 is 1.55 bits per heavy atom. The van der Waals surface area contributed by atoms with Gasteiger partial charge in [0, 0.05) is 19.0 Å². The zero-order valence-corrected chi connectivity index (χ0v) is 24.1. The topological polar surface area (TPSA) is 113 Å². The van der Waals surface area contributed by atoms with E-state index in [0.29, 0.717) is 17.6 Å². The number of likely N-dealkylation sites (tertiary alicyclic amines) is 2. The summed E-state index contributed by atoms with van der Waals surface area (Å²) in [4.78, 5) is 53.7. The van der Waals surface area contributed by atoms with Gasteiger partial charge in [0.1, 0.15) is 0 Å². The van der Waals surface area contributed by atoms with Crippen LogP contribution < -0.4 is 9.47 Å². The van der Waals surface area contributed by atoms with Gasteiger partial charge < -0.3 is 14.6 Å². The largest absolute Gasteiger partial charge is 0.502 e. The first-order chi connectivity index (χ1) is 19.0. The first kappa shape index (κ1) is 27.4. The van der Waals surface area contributed by atoms with Crippen LogP contribution in [0.3, 0.4) is 0 Å². The molecule has 40 heavy (non-hydrogen) atoms. The number of nitrogens with zero attached hydrogens (tertiary/aromatic N) is 2. The van der Waals surface area contributed by atoms with Gasteiger partial charge in [0.2, 0.25) is 17.6 Å². The van der Waals surface area contributed by atoms with Crippen LogP contribution in [0.25, 0.3) is 0 Å². The summed E-state index contributed by atoms with van der Waals surface area (Å²) in [5.41, 5.74) is 1.13. The van der Waals surface area contributed by atoms with Gasteiger partial charge in [0.05, 0.1) is 26.1 Å². The first-order valence-electron chi connectivity index (χ1n) is 13.7.